The molecular formula is C14H17N3O3S. The van der Waals surface area contributed by atoms with Crippen LogP contribution in [-0.4, -0.2) is 31.8 Å². The number of para-hydroxylation sites is 1. The summed E-state index contributed by atoms with van der Waals surface area (Å²) in [5.41, 5.74) is 2.06. The van der Waals surface area contributed by atoms with Crippen molar-refractivity contribution in [3.8, 4) is 5.75 Å². The molecule has 0 saturated heterocycles. The first kappa shape index (κ1) is 14.1. The van der Waals surface area contributed by atoms with E-state index in [2.05, 4.69) is 14.9 Å². The fourth-order valence-electron chi connectivity index (χ4n) is 2.62. The topological polar surface area (TPSA) is 84.1 Å². The highest BCUT2D eigenvalue weighted by atomic mass is 32.2. The summed E-state index contributed by atoms with van der Waals surface area (Å²) in [7, 11) is -3.57. The van der Waals surface area contributed by atoms with Crippen LogP contribution >= 0.6 is 0 Å². The Labute approximate surface area is 123 Å². The Morgan fingerprint density at radius 1 is 1.38 bits per heavy atom. The van der Waals surface area contributed by atoms with Crippen LogP contribution in [0.4, 0.5) is 0 Å². The number of nitrogens with zero attached hydrogens (tertiary/aromatic N) is 1. The largest absolute Gasteiger partial charge is 0.493 e. The van der Waals surface area contributed by atoms with Crippen LogP contribution in [0.1, 0.15) is 22.9 Å². The second-order valence-corrected chi connectivity index (χ2v) is 6.86. The molecule has 1 aromatic heterocycles. The summed E-state index contributed by atoms with van der Waals surface area (Å²) in [5, 5.41) is 6.62. The van der Waals surface area contributed by atoms with Gasteiger partial charge in [-0.1, -0.05) is 18.2 Å². The Hall–Kier alpha value is -1.86. The average Bonchev–Trinajstić information content (AvgIpc) is 3.01. The molecule has 1 aliphatic rings. The quantitative estimate of drug-likeness (QED) is 0.896. The molecule has 0 bridgehead atoms. The first-order valence-electron chi connectivity index (χ1n) is 6.72. The summed E-state index contributed by atoms with van der Waals surface area (Å²) >= 11 is 0. The van der Waals surface area contributed by atoms with Crippen molar-refractivity contribution >= 4 is 10.0 Å². The predicted octanol–water partition coefficient (Wildman–Crippen LogP) is 1.48. The van der Waals surface area contributed by atoms with E-state index in [1.165, 1.54) is 0 Å². The number of aromatic nitrogens is 2. The van der Waals surface area contributed by atoms with Crippen LogP contribution in [0.5, 0.6) is 5.75 Å². The van der Waals surface area contributed by atoms with Crippen molar-refractivity contribution in [2.75, 3.05) is 13.2 Å². The maximum Gasteiger partial charge on any atom is 0.244 e. The lowest BCUT2D eigenvalue weighted by atomic mass is 10.0. The number of hydrogen-bond acceptors (Lipinski definition) is 4. The number of hydrogen-bond donors (Lipinski definition) is 2. The van der Waals surface area contributed by atoms with E-state index in [1.807, 2.05) is 24.3 Å². The number of aryl methyl sites for hydroxylation is 2. The number of sulfonamides is 1. The van der Waals surface area contributed by atoms with Crippen molar-refractivity contribution in [1.29, 1.82) is 0 Å². The van der Waals surface area contributed by atoms with E-state index in [1.54, 1.807) is 13.8 Å². The molecule has 0 aliphatic carbocycles. The van der Waals surface area contributed by atoms with Crippen LogP contribution in [0, 0.1) is 13.8 Å². The summed E-state index contributed by atoms with van der Waals surface area (Å²) in [6.45, 7) is 4.17. The molecule has 2 N–H and O–H groups in total. The Morgan fingerprint density at radius 2 is 2.14 bits per heavy atom. The second kappa shape index (κ2) is 5.16. The minimum atomic E-state index is -3.57. The van der Waals surface area contributed by atoms with Gasteiger partial charge in [0.1, 0.15) is 10.6 Å². The monoisotopic (exact) mass is 307 g/mol. The molecule has 0 fully saturated rings. The van der Waals surface area contributed by atoms with Gasteiger partial charge >= 0.3 is 0 Å². The van der Waals surface area contributed by atoms with Gasteiger partial charge in [0, 0.05) is 18.0 Å². The Kier molecular flexibility index (Phi) is 3.46. The minimum Gasteiger partial charge on any atom is -0.493 e. The second-order valence-electron chi connectivity index (χ2n) is 5.16. The third-order valence-electron chi connectivity index (χ3n) is 3.65. The fourth-order valence-corrected chi connectivity index (χ4v) is 4.07. The molecule has 1 aliphatic heterocycles. The van der Waals surface area contributed by atoms with Gasteiger partial charge in [0.15, 0.2) is 0 Å². The molecule has 2 heterocycles. The van der Waals surface area contributed by atoms with Gasteiger partial charge in [-0.2, -0.15) is 5.10 Å². The lowest BCUT2D eigenvalue weighted by molar-refractivity contribution is 0.330. The molecular weight excluding hydrogens is 290 g/mol. The maximum absolute atomic E-state index is 12.4. The van der Waals surface area contributed by atoms with Gasteiger partial charge in [-0.3, -0.25) is 5.10 Å². The fraction of sp³-hybridized carbons (Fsp3) is 0.357. The van der Waals surface area contributed by atoms with Crippen LogP contribution < -0.4 is 9.46 Å². The van der Waals surface area contributed by atoms with Gasteiger partial charge in [-0.15, -0.1) is 0 Å². The molecule has 0 saturated carbocycles. The maximum atomic E-state index is 12.4. The SMILES string of the molecule is Cc1n[nH]c(C)c1S(=O)(=O)NCC1COc2ccccc21. The van der Waals surface area contributed by atoms with Gasteiger partial charge in [0.2, 0.25) is 10.0 Å². The molecule has 112 valence electrons. The van der Waals surface area contributed by atoms with Gasteiger partial charge in [-0.05, 0) is 19.9 Å². The van der Waals surface area contributed by atoms with E-state index in [4.69, 9.17) is 4.74 Å². The van der Waals surface area contributed by atoms with Crippen molar-refractivity contribution in [2.45, 2.75) is 24.7 Å². The summed E-state index contributed by atoms with van der Waals surface area (Å²) in [4.78, 5) is 0.231. The molecule has 2 aromatic rings. The lowest BCUT2D eigenvalue weighted by Crippen LogP contribution is -2.29. The molecule has 1 unspecified atom stereocenters. The number of nitrogens with one attached hydrogen (secondary N) is 2. The molecule has 0 radical (unpaired) electrons. The molecule has 21 heavy (non-hydrogen) atoms. The number of ether oxygens (including phenoxy) is 1. The van der Waals surface area contributed by atoms with Crippen LogP contribution in [-0.2, 0) is 10.0 Å². The van der Waals surface area contributed by atoms with Crippen LogP contribution in [0.25, 0.3) is 0 Å². The van der Waals surface area contributed by atoms with Gasteiger partial charge in [0.25, 0.3) is 0 Å². The third-order valence-corrected chi connectivity index (χ3v) is 5.33. The van der Waals surface area contributed by atoms with Crippen LogP contribution in [0.2, 0.25) is 0 Å². The highest BCUT2D eigenvalue weighted by Crippen LogP contribution is 2.33. The molecule has 7 heteroatoms. The van der Waals surface area contributed by atoms with E-state index in [0.717, 1.165) is 11.3 Å². The van der Waals surface area contributed by atoms with E-state index in [0.29, 0.717) is 24.5 Å². The van der Waals surface area contributed by atoms with Crippen LogP contribution in [0.3, 0.4) is 0 Å². The number of aromatic amines is 1. The van der Waals surface area contributed by atoms with E-state index in [9.17, 15) is 8.42 Å². The number of H-pyrrole nitrogens is 1. The molecule has 3 rings (SSSR count). The summed E-state index contributed by atoms with van der Waals surface area (Å²) in [6.07, 6.45) is 0. The van der Waals surface area contributed by atoms with Crippen molar-refractivity contribution in [1.82, 2.24) is 14.9 Å². The minimum absolute atomic E-state index is 0.0310. The number of rotatable bonds is 4. The zero-order chi connectivity index (χ0) is 15.0. The highest BCUT2D eigenvalue weighted by Gasteiger charge is 2.27. The third kappa shape index (κ3) is 2.54. The summed E-state index contributed by atoms with van der Waals surface area (Å²) in [6, 6.07) is 7.70. The molecule has 1 atom stereocenters. The average molecular weight is 307 g/mol. The van der Waals surface area contributed by atoms with Gasteiger partial charge in [-0.25, -0.2) is 13.1 Å². The van der Waals surface area contributed by atoms with E-state index >= 15 is 0 Å². The Bertz CT molecular complexity index is 748. The van der Waals surface area contributed by atoms with E-state index < -0.39 is 10.0 Å². The zero-order valence-electron chi connectivity index (χ0n) is 11.9. The zero-order valence-corrected chi connectivity index (χ0v) is 12.7. The van der Waals surface area contributed by atoms with Crippen molar-refractivity contribution < 1.29 is 13.2 Å². The summed E-state index contributed by atoms with van der Waals surface area (Å²) < 4.78 is 33.0. The Morgan fingerprint density at radius 3 is 2.86 bits per heavy atom. The molecule has 6 nitrogen and oxygen atoms in total. The predicted molar refractivity (Wildman–Crippen MR) is 77.9 cm³/mol. The smallest absolute Gasteiger partial charge is 0.244 e. The van der Waals surface area contributed by atoms with Crippen LogP contribution in [0.15, 0.2) is 29.2 Å². The molecule has 0 amide bonds. The Balaban J connectivity index is 1.77. The number of benzene rings is 1. The standard InChI is InChI=1S/C14H17N3O3S/c1-9-14(10(2)17-16-9)21(18,19)15-7-11-8-20-13-6-4-3-5-12(11)13/h3-6,11,15H,7-8H2,1-2H3,(H,16,17). The molecule has 0 spiro atoms. The van der Waals surface area contributed by atoms with Gasteiger partial charge < -0.3 is 4.74 Å². The molecule has 1 aromatic carbocycles. The van der Waals surface area contributed by atoms with Crippen molar-refractivity contribution in [2.24, 2.45) is 0 Å². The normalized spacial score (nSPS) is 17.5. The first-order chi connectivity index (χ1) is 9.99. The number of fused-ring (bicyclic) bond motifs is 1. The summed E-state index contributed by atoms with van der Waals surface area (Å²) in [5.74, 6) is 0.862. The highest BCUT2D eigenvalue weighted by molar-refractivity contribution is 7.89. The first-order valence-corrected chi connectivity index (χ1v) is 8.20. The lowest BCUT2D eigenvalue weighted by Gasteiger charge is -2.11. The van der Waals surface area contributed by atoms with Gasteiger partial charge in [0.05, 0.1) is 18.0 Å². The van der Waals surface area contributed by atoms with Crippen molar-refractivity contribution in [3.05, 3.63) is 41.2 Å². The van der Waals surface area contributed by atoms with E-state index in [-0.39, 0.29) is 10.8 Å². The van der Waals surface area contributed by atoms with Crippen molar-refractivity contribution in [3.63, 3.8) is 0 Å².